The molecule has 3 heterocycles. The Morgan fingerprint density at radius 1 is 0.974 bits per heavy atom. The van der Waals surface area contributed by atoms with Crippen LogP contribution in [0.2, 0.25) is 0 Å². The van der Waals surface area contributed by atoms with E-state index in [1.807, 2.05) is 20.8 Å². The topological polar surface area (TPSA) is 148 Å². The number of nitrogens with one attached hydrogen (secondary N) is 1. The third-order valence-electron chi connectivity index (χ3n) is 5.85. The van der Waals surface area contributed by atoms with Gasteiger partial charge < -0.3 is 14.2 Å². The van der Waals surface area contributed by atoms with Gasteiger partial charge in [-0.2, -0.15) is 5.10 Å². The molecule has 1 aromatic carbocycles. The van der Waals surface area contributed by atoms with E-state index in [0.29, 0.717) is 22.9 Å². The first kappa shape index (κ1) is 28.0. The van der Waals surface area contributed by atoms with Gasteiger partial charge in [0.25, 0.3) is 0 Å². The van der Waals surface area contributed by atoms with E-state index in [4.69, 9.17) is 14.2 Å². The van der Waals surface area contributed by atoms with Crippen molar-refractivity contribution in [2.45, 2.75) is 45.2 Å². The van der Waals surface area contributed by atoms with E-state index in [0.717, 1.165) is 5.56 Å². The van der Waals surface area contributed by atoms with Gasteiger partial charge in [-0.1, -0.05) is 6.07 Å². The number of nitrogens with zero attached hydrogens (tertiary/aromatic N) is 7. The minimum Gasteiger partial charge on any atom is -0.494 e. The minimum absolute atomic E-state index is 0.0848. The molecule has 3 aromatic heterocycles. The maximum Gasteiger partial charge on any atom is 0.243 e. The monoisotopic (exact) mass is 556 g/mol. The molecule has 0 aliphatic rings. The van der Waals surface area contributed by atoms with Gasteiger partial charge in [-0.25, -0.2) is 18.4 Å². The number of hydrogen-bond donors (Lipinski definition) is 1. The molecule has 0 spiro atoms. The highest BCUT2D eigenvalue weighted by Gasteiger charge is 2.36. The van der Waals surface area contributed by atoms with Gasteiger partial charge in [-0.15, -0.1) is 10.2 Å². The summed E-state index contributed by atoms with van der Waals surface area (Å²) in [5.41, 5.74) is 1.71. The summed E-state index contributed by atoms with van der Waals surface area (Å²) in [6.07, 6.45) is 3.76. The van der Waals surface area contributed by atoms with Crippen molar-refractivity contribution in [1.82, 2.24) is 34.5 Å². The summed E-state index contributed by atoms with van der Waals surface area (Å²) in [6, 6.07) is 6.95. The predicted molar refractivity (Wildman–Crippen MR) is 144 cm³/mol. The van der Waals surface area contributed by atoms with Crippen LogP contribution in [0.25, 0.3) is 17.2 Å². The Kier molecular flexibility index (Phi) is 8.16. The van der Waals surface area contributed by atoms with Gasteiger partial charge in [0.1, 0.15) is 34.2 Å². The molecule has 0 saturated carbocycles. The van der Waals surface area contributed by atoms with Gasteiger partial charge in [0.05, 0.1) is 20.3 Å². The van der Waals surface area contributed by atoms with Crippen LogP contribution in [-0.4, -0.2) is 68.5 Å². The number of para-hydroxylation sites is 1. The molecule has 2 atom stereocenters. The highest BCUT2D eigenvalue weighted by Crippen LogP contribution is 2.38. The third kappa shape index (κ3) is 5.86. The zero-order valence-corrected chi connectivity index (χ0v) is 23.7. The third-order valence-corrected chi connectivity index (χ3v) is 7.55. The lowest BCUT2D eigenvalue weighted by Crippen LogP contribution is -2.35. The van der Waals surface area contributed by atoms with E-state index in [-0.39, 0.29) is 23.7 Å². The number of aromatic nitrogens is 7. The molecular weight excluding hydrogens is 524 g/mol. The molecule has 0 bridgehead atoms. The summed E-state index contributed by atoms with van der Waals surface area (Å²) in [4.78, 5) is 8.65. The lowest BCUT2D eigenvalue weighted by Gasteiger charge is -2.25. The predicted octanol–water partition coefficient (Wildman–Crippen LogP) is 3.08. The van der Waals surface area contributed by atoms with Crippen molar-refractivity contribution in [1.29, 1.82) is 0 Å². The van der Waals surface area contributed by atoms with Gasteiger partial charge in [-0.05, 0) is 51.5 Å². The van der Waals surface area contributed by atoms with Crippen molar-refractivity contribution in [3.05, 3.63) is 54.2 Å². The zero-order chi connectivity index (χ0) is 28.3. The fraction of sp³-hybridized carbons (Fsp3) is 0.400. The second kappa shape index (κ2) is 11.4. The molecule has 0 aliphatic heterocycles. The van der Waals surface area contributed by atoms with Crippen LogP contribution in [0, 0.1) is 6.92 Å². The number of ether oxygens (including phenoxy) is 3. The van der Waals surface area contributed by atoms with Gasteiger partial charge in [0, 0.05) is 25.6 Å². The van der Waals surface area contributed by atoms with E-state index in [1.54, 1.807) is 54.6 Å². The average molecular weight is 557 g/mol. The van der Waals surface area contributed by atoms with Crippen LogP contribution in [0.4, 0.5) is 5.95 Å². The summed E-state index contributed by atoms with van der Waals surface area (Å²) < 4.78 is 50.5. The van der Waals surface area contributed by atoms with Crippen LogP contribution < -0.4 is 14.2 Å². The van der Waals surface area contributed by atoms with E-state index in [9.17, 15) is 8.42 Å². The molecule has 14 heteroatoms. The van der Waals surface area contributed by atoms with E-state index >= 15 is 0 Å². The Morgan fingerprint density at radius 3 is 2.15 bits per heavy atom. The first-order valence-electron chi connectivity index (χ1n) is 12.2. The lowest BCUT2D eigenvalue weighted by atomic mass is 10.2. The fourth-order valence-corrected chi connectivity index (χ4v) is 5.01. The number of hydrogen-bond acceptors (Lipinski definition) is 10. The number of sulfonamides is 1. The van der Waals surface area contributed by atoms with E-state index in [1.165, 1.54) is 25.7 Å². The highest BCUT2D eigenvalue weighted by molar-refractivity contribution is 7.93. The van der Waals surface area contributed by atoms with Crippen molar-refractivity contribution < 1.29 is 22.6 Å². The molecule has 0 aliphatic carbocycles. The maximum atomic E-state index is 13.8. The summed E-state index contributed by atoms with van der Waals surface area (Å²) in [5, 5.41) is 11.8. The van der Waals surface area contributed by atoms with Gasteiger partial charge in [-0.3, -0.25) is 14.0 Å². The second-order valence-corrected chi connectivity index (χ2v) is 11.2. The molecule has 39 heavy (non-hydrogen) atoms. The molecule has 0 fully saturated rings. The van der Waals surface area contributed by atoms with E-state index < -0.39 is 21.4 Å². The molecule has 0 amide bonds. The van der Waals surface area contributed by atoms with Crippen molar-refractivity contribution >= 4 is 16.0 Å². The smallest absolute Gasteiger partial charge is 0.243 e. The van der Waals surface area contributed by atoms with E-state index in [2.05, 4.69) is 30.0 Å². The quantitative estimate of drug-likeness (QED) is 0.292. The maximum absolute atomic E-state index is 13.8. The van der Waals surface area contributed by atoms with Gasteiger partial charge in [0.15, 0.2) is 11.6 Å². The van der Waals surface area contributed by atoms with Crippen molar-refractivity contribution in [2.75, 3.05) is 18.9 Å². The van der Waals surface area contributed by atoms with Gasteiger partial charge >= 0.3 is 0 Å². The highest BCUT2D eigenvalue weighted by atomic mass is 32.2. The first-order valence-corrected chi connectivity index (χ1v) is 13.7. The molecule has 13 nitrogen and oxygen atoms in total. The molecule has 1 N–H and O–H groups in total. The molecule has 208 valence electrons. The Labute approximate surface area is 227 Å². The molecule has 4 rings (SSSR count). The second-order valence-electron chi connectivity index (χ2n) is 9.14. The molecule has 0 radical (unpaired) electrons. The Hall–Kier alpha value is -4.04. The fourth-order valence-electron chi connectivity index (χ4n) is 3.92. The first-order chi connectivity index (χ1) is 18.6. The van der Waals surface area contributed by atoms with Crippen LogP contribution >= 0.6 is 0 Å². The van der Waals surface area contributed by atoms with Crippen LogP contribution in [-0.2, 0) is 21.8 Å². The summed E-state index contributed by atoms with van der Waals surface area (Å²) in [7, 11) is 0.639. The Bertz CT molecular complexity index is 1510. The minimum atomic E-state index is -4.14. The number of aryl methyl sites for hydroxylation is 2. The average Bonchev–Trinajstić information content (AvgIpc) is 3.52. The number of benzene rings is 1. The Morgan fingerprint density at radius 2 is 1.62 bits per heavy atom. The molecular formula is C25H32N8O5S. The molecule has 0 saturated heterocycles. The van der Waals surface area contributed by atoms with Crippen molar-refractivity contribution in [3.63, 3.8) is 0 Å². The van der Waals surface area contributed by atoms with Crippen LogP contribution in [0.3, 0.4) is 0 Å². The van der Waals surface area contributed by atoms with Crippen LogP contribution in [0.5, 0.6) is 11.5 Å². The van der Waals surface area contributed by atoms with Gasteiger partial charge in [0.2, 0.25) is 16.0 Å². The Balaban J connectivity index is 1.83. The summed E-state index contributed by atoms with van der Waals surface area (Å²) in [6.45, 7) is 7.01. The van der Waals surface area contributed by atoms with Crippen LogP contribution in [0.1, 0.15) is 38.3 Å². The SMILES string of the molecule is COc1cccc(OC)c1-n1c(NS(=O)(=O)C(C)C(OC(C)C)c2ncc(C)cn2)nnc1-c1ccn(C)n1. The lowest BCUT2D eigenvalue weighted by molar-refractivity contribution is 0.00152. The van der Waals surface area contributed by atoms with Crippen molar-refractivity contribution in [2.24, 2.45) is 7.05 Å². The molecule has 2 unspecified atom stereocenters. The number of rotatable bonds is 11. The number of methoxy groups -OCH3 is 2. The zero-order valence-electron chi connectivity index (χ0n) is 22.9. The van der Waals surface area contributed by atoms with Crippen LogP contribution in [0.15, 0.2) is 42.9 Å². The standard InChI is InChI=1S/C25H32N8O5S/c1-15(2)38-22(23-26-13-16(3)14-27-23)17(4)39(34,35)31-25-29-28-24(18-11-12-32(5)30-18)33(25)21-19(36-6)9-8-10-20(21)37-7/h8-15,17,22H,1-7H3,(H,29,31). The van der Waals surface area contributed by atoms with Crippen molar-refractivity contribution in [3.8, 4) is 28.7 Å². The summed E-state index contributed by atoms with van der Waals surface area (Å²) >= 11 is 0. The summed E-state index contributed by atoms with van der Waals surface area (Å²) in [5.74, 6) is 1.27. The molecule has 4 aromatic rings. The normalized spacial score (nSPS) is 13.3. The number of anilines is 1. The largest absolute Gasteiger partial charge is 0.494 e.